The summed E-state index contributed by atoms with van der Waals surface area (Å²) in [6.45, 7) is 0. The van der Waals surface area contributed by atoms with Crippen LogP contribution in [0.15, 0.2) is 53.4 Å². The summed E-state index contributed by atoms with van der Waals surface area (Å²) in [5.41, 5.74) is 6.06. The number of amides is 1. The molecule has 1 unspecified atom stereocenters. The van der Waals surface area contributed by atoms with Crippen LogP contribution in [-0.2, 0) is 15.6 Å². The summed E-state index contributed by atoms with van der Waals surface area (Å²) in [4.78, 5) is 12.3. The molecule has 2 aromatic rings. The monoisotopic (exact) mass is 292 g/mol. The van der Waals surface area contributed by atoms with Crippen LogP contribution in [0.25, 0.3) is 0 Å². The van der Waals surface area contributed by atoms with Gasteiger partial charge in [0.15, 0.2) is 0 Å². The first-order valence-corrected chi connectivity index (χ1v) is 7.16. The van der Waals surface area contributed by atoms with Crippen molar-refractivity contribution in [2.24, 2.45) is 0 Å². The molecule has 3 N–H and O–H groups in total. The predicted octanol–water partition coefficient (Wildman–Crippen LogP) is 2.15. The van der Waals surface area contributed by atoms with E-state index in [1.165, 1.54) is 12.1 Å². The van der Waals surface area contributed by atoms with Gasteiger partial charge in [0.25, 0.3) is 0 Å². The van der Waals surface area contributed by atoms with Gasteiger partial charge in [0.05, 0.1) is 22.2 Å². The van der Waals surface area contributed by atoms with Gasteiger partial charge in [-0.05, 0) is 30.3 Å². The lowest BCUT2D eigenvalue weighted by molar-refractivity contribution is -0.113. The van der Waals surface area contributed by atoms with Gasteiger partial charge >= 0.3 is 0 Å². The van der Waals surface area contributed by atoms with Gasteiger partial charge in [0.1, 0.15) is 11.6 Å². The van der Waals surface area contributed by atoms with Gasteiger partial charge in [-0.25, -0.2) is 4.39 Å². The smallest absolute Gasteiger partial charge is 0.237 e. The Bertz CT molecular complexity index is 647. The predicted molar refractivity (Wildman–Crippen MR) is 77.2 cm³/mol. The van der Waals surface area contributed by atoms with Crippen LogP contribution in [0, 0.1) is 5.82 Å². The van der Waals surface area contributed by atoms with E-state index in [9.17, 15) is 13.4 Å². The van der Waals surface area contributed by atoms with Crippen molar-refractivity contribution in [2.45, 2.75) is 4.90 Å². The number of nitrogens with one attached hydrogen (secondary N) is 1. The molecule has 104 valence electrons. The lowest BCUT2D eigenvalue weighted by Gasteiger charge is -2.08. The molecule has 0 aliphatic carbocycles. The summed E-state index contributed by atoms with van der Waals surface area (Å²) < 4.78 is 25.0. The third-order valence-corrected chi connectivity index (χ3v) is 3.88. The molecule has 1 atom stereocenters. The quantitative estimate of drug-likeness (QED) is 0.848. The van der Waals surface area contributed by atoms with E-state index in [0.717, 1.165) is 6.07 Å². The van der Waals surface area contributed by atoms with Crippen LogP contribution in [0.1, 0.15) is 0 Å². The standard InChI is InChI=1S/C14H13FN2O2S/c15-10-6-7-12(16)13(8-10)17-14(18)9-20(19)11-4-2-1-3-5-11/h1-8H,9,16H2,(H,17,18). The average Bonchev–Trinajstić information content (AvgIpc) is 2.43. The van der Waals surface area contributed by atoms with Gasteiger partial charge < -0.3 is 11.1 Å². The molecule has 0 aliphatic heterocycles. The molecule has 0 aliphatic rings. The maximum atomic E-state index is 13.1. The van der Waals surface area contributed by atoms with Gasteiger partial charge in [-0.1, -0.05) is 18.2 Å². The lowest BCUT2D eigenvalue weighted by atomic mass is 10.2. The third kappa shape index (κ3) is 3.64. The van der Waals surface area contributed by atoms with Gasteiger partial charge in [0.2, 0.25) is 5.91 Å². The van der Waals surface area contributed by atoms with Crippen molar-refractivity contribution in [3.8, 4) is 0 Å². The number of nitrogens with two attached hydrogens (primary N) is 1. The first-order chi connectivity index (χ1) is 9.56. The van der Waals surface area contributed by atoms with Crippen molar-refractivity contribution in [1.29, 1.82) is 0 Å². The summed E-state index contributed by atoms with van der Waals surface area (Å²) in [7, 11) is -1.45. The second kappa shape index (κ2) is 6.29. The number of hydrogen-bond donors (Lipinski definition) is 2. The van der Waals surface area contributed by atoms with Crippen molar-refractivity contribution < 1.29 is 13.4 Å². The van der Waals surface area contributed by atoms with Crippen LogP contribution >= 0.6 is 0 Å². The molecule has 2 rings (SSSR count). The van der Waals surface area contributed by atoms with Crippen LogP contribution < -0.4 is 11.1 Å². The highest BCUT2D eigenvalue weighted by Gasteiger charge is 2.11. The minimum atomic E-state index is -1.45. The fourth-order valence-electron chi connectivity index (χ4n) is 1.60. The molecule has 20 heavy (non-hydrogen) atoms. The zero-order valence-corrected chi connectivity index (χ0v) is 11.3. The SMILES string of the molecule is Nc1ccc(F)cc1NC(=O)CS(=O)c1ccccc1. The number of carbonyl (C=O) groups is 1. The highest BCUT2D eigenvalue weighted by molar-refractivity contribution is 7.85. The second-order valence-corrected chi connectivity index (χ2v) is 5.53. The van der Waals surface area contributed by atoms with Crippen molar-refractivity contribution in [3.63, 3.8) is 0 Å². The van der Waals surface area contributed by atoms with Crippen molar-refractivity contribution in [3.05, 3.63) is 54.3 Å². The summed E-state index contributed by atoms with van der Waals surface area (Å²) in [6, 6.07) is 12.3. The number of nitrogen functional groups attached to an aromatic ring is 1. The van der Waals surface area contributed by atoms with E-state index in [-0.39, 0.29) is 17.1 Å². The van der Waals surface area contributed by atoms with E-state index in [0.29, 0.717) is 4.90 Å². The number of anilines is 2. The van der Waals surface area contributed by atoms with E-state index in [2.05, 4.69) is 5.32 Å². The molecule has 0 fully saturated rings. The van der Waals surface area contributed by atoms with Crippen molar-refractivity contribution in [2.75, 3.05) is 16.8 Å². The molecule has 0 radical (unpaired) electrons. The fraction of sp³-hybridized carbons (Fsp3) is 0.0714. The zero-order chi connectivity index (χ0) is 14.5. The second-order valence-electron chi connectivity index (χ2n) is 4.08. The Labute approximate surface area is 118 Å². The Kier molecular flexibility index (Phi) is 4.47. The van der Waals surface area contributed by atoms with Crippen LogP contribution in [0.2, 0.25) is 0 Å². The van der Waals surface area contributed by atoms with Gasteiger partial charge in [-0.15, -0.1) is 0 Å². The maximum Gasteiger partial charge on any atom is 0.237 e. The number of benzene rings is 2. The molecule has 0 saturated heterocycles. The van der Waals surface area contributed by atoms with E-state index < -0.39 is 22.5 Å². The third-order valence-electron chi connectivity index (χ3n) is 2.56. The van der Waals surface area contributed by atoms with Crippen LogP contribution in [0.5, 0.6) is 0 Å². The number of hydrogen-bond acceptors (Lipinski definition) is 3. The van der Waals surface area contributed by atoms with Crippen LogP contribution in [-0.4, -0.2) is 15.9 Å². The van der Waals surface area contributed by atoms with E-state index in [1.807, 2.05) is 0 Å². The first kappa shape index (κ1) is 14.2. The van der Waals surface area contributed by atoms with E-state index >= 15 is 0 Å². The van der Waals surface area contributed by atoms with Gasteiger partial charge in [0, 0.05) is 4.90 Å². The molecule has 0 heterocycles. The minimum absolute atomic E-state index is 0.181. The van der Waals surface area contributed by atoms with E-state index in [4.69, 9.17) is 5.73 Å². The van der Waals surface area contributed by atoms with Gasteiger partial charge in [-0.3, -0.25) is 9.00 Å². The molecular weight excluding hydrogens is 279 g/mol. The van der Waals surface area contributed by atoms with Crippen molar-refractivity contribution >= 4 is 28.1 Å². The van der Waals surface area contributed by atoms with E-state index in [1.54, 1.807) is 30.3 Å². The topological polar surface area (TPSA) is 72.2 Å². The Morgan fingerprint density at radius 1 is 1.20 bits per heavy atom. The molecule has 4 nitrogen and oxygen atoms in total. The lowest BCUT2D eigenvalue weighted by Crippen LogP contribution is -2.20. The highest BCUT2D eigenvalue weighted by Crippen LogP contribution is 2.19. The summed E-state index contributed by atoms with van der Waals surface area (Å²) in [6.07, 6.45) is 0. The molecule has 0 spiro atoms. The number of rotatable bonds is 4. The normalized spacial score (nSPS) is 11.8. The van der Waals surface area contributed by atoms with Gasteiger partial charge in [-0.2, -0.15) is 0 Å². The summed E-state index contributed by atoms with van der Waals surface area (Å²) >= 11 is 0. The molecule has 0 saturated carbocycles. The van der Waals surface area contributed by atoms with Crippen LogP contribution in [0.3, 0.4) is 0 Å². The molecule has 0 aromatic heterocycles. The average molecular weight is 292 g/mol. The summed E-state index contributed by atoms with van der Waals surface area (Å²) in [5.74, 6) is -1.19. The summed E-state index contributed by atoms with van der Waals surface area (Å²) in [5, 5.41) is 2.45. The Morgan fingerprint density at radius 3 is 2.60 bits per heavy atom. The largest absolute Gasteiger partial charge is 0.397 e. The Hall–Kier alpha value is -2.21. The van der Waals surface area contributed by atoms with Crippen molar-refractivity contribution in [1.82, 2.24) is 0 Å². The molecule has 2 aromatic carbocycles. The zero-order valence-electron chi connectivity index (χ0n) is 10.5. The molecule has 6 heteroatoms. The minimum Gasteiger partial charge on any atom is -0.397 e. The first-order valence-electron chi connectivity index (χ1n) is 5.84. The highest BCUT2D eigenvalue weighted by atomic mass is 32.2. The maximum absolute atomic E-state index is 13.1. The number of carbonyl (C=O) groups excluding carboxylic acids is 1. The molecule has 1 amide bonds. The molecular formula is C14H13FN2O2S. The Balaban J connectivity index is 2.03. The fourth-order valence-corrected chi connectivity index (χ4v) is 2.54. The Morgan fingerprint density at radius 2 is 1.90 bits per heavy atom. The number of halogens is 1. The molecule has 0 bridgehead atoms. The van der Waals surface area contributed by atoms with Crippen LogP contribution in [0.4, 0.5) is 15.8 Å².